The summed E-state index contributed by atoms with van der Waals surface area (Å²) in [6, 6.07) is 9.64. The van der Waals surface area contributed by atoms with E-state index in [1.165, 1.54) is 24.4 Å². The van der Waals surface area contributed by atoms with Crippen molar-refractivity contribution in [3.8, 4) is 6.07 Å². The van der Waals surface area contributed by atoms with Gasteiger partial charge in [0.05, 0.1) is 17.4 Å². The van der Waals surface area contributed by atoms with Crippen molar-refractivity contribution in [1.29, 1.82) is 5.26 Å². The molecule has 0 aliphatic rings. The lowest BCUT2D eigenvalue weighted by atomic mass is 10.2. The fourth-order valence-corrected chi connectivity index (χ4v) is 1.63. The molecule has 0 saturated heterocycles. The third-order valence-electron chi connectivity index (χ3n) is 2.52. The monoisotopic (exact) mass is 242 g/mol. The molecule has 0 amide bonds. The lowest BCUT2D eigenvalue weighted by molar-refractivity contribution is 0.628. The van der Waals surface area contributed by atoms with Crippen LogP contribution in [0.3, 0.4) is 0 Å². The number of hydrogen-bond acceptors (Lipinski definition) is 4. The molecule has 1 aromatic carbocycles. The van der Waals surface area contributed by atoms with Crippen molar-refractivity contribution < 1.29 is 4.39 Å². The van der Waals surface area contributed by atoms with E-state index in [1.54, 1.807) is 24.1 Å². The Labute approximate surface area is 104 Å². The third kappa shape index (κ3) is 2.23. The predicted octanol–water partition coefficient (Wildman–Crippen LogP) is 2.44. The molecule has 18 heavy (non-hydrogen) atoms. The van der Waals surface area contributed by atoms with Crippen LogP contribution >= 0.6 is 0 Å². The normalized spacial score (nSPS) is 9.83. The van der Waals surface area contributed by atoms with Gasteiger partial charge in [0.15, 0.2) is 5.82 Å². The molecule has 4 nitrogen and oxygen atoms in total. The summed E-state index contributed by atoms with van der Waals surface area (Å²) >= 11 is 0. The summed E-state index contributed by atoms with van der Waals surface area (Å²) in [4.78, 5) is 5.75. The first-order chi connectivity index (χ1) is 8.61. The molecule has 0 bridgehead atoms. The van der Waals surface area contributed by atoms with E-state index in [0.717, 1.165) is 0 Å². The second-order valence-electron chi connectivity index (χ2n) is 3.79. The molecule has 0 fully saturated rings. The Hall–Kier alpha value is -2.61. The van der Waals surface area contributed by atoms with Crippen molar-refractivity contribution in [3.63, 3.8) is 0 Å². The summed E-state index contributed by atoms with van der Waals surface area (Å²) in [5, 5.41) is 9.05. The lowest BCUT2D eigenvalue weighted by Crippen LogP contribution is -2.13. The Morgan fingerprint density at radius 2 is 2.17 bits per heavy atom. The van der Waals surface area contributed by atoms with Gasteiger partial charge in [-0.15, -0.1) is 0 Å². The van der Waals surface area contributed by atoms with Gasteiger partial charge >= 0.3 is 0 Å². The van der Waals surface area contributed by atoms with Gasteiger partial charge in [0, 0.05) is 12.7 Å². The van der Waals surface area contributed by atoms with Crippen LogP contribution < -0.4 is 10.6 Å². The highest BCUT2D eigenvalue weighted by Gasteiger charge is 2.11. The van der Waals surface area contributed by atoms with Gasteiger partial charge in [0.1, 0.15) is 11.9 Å². The van der Waals surface area contributed by atoms with Gasteiger partial charge in [-0.3, -0.25) is 0 Å². The van der Waals surface area contributed by atoms with Crippen molar-refractivity contribution in [1.82, 2.24) is 4.98 Å². The largest absolute Gasteiger partial charge is 0.397 e. The maximum atomic E-state index is 13.2. The maximum Gasteiger partial charge on any atom is 0.150 e. The first-order valence-corrected chi connectivity index (χ1v) is 5.26. The van der Waals surface area contributed by atoms with E-state index < -0.39 is 0 Å². The molecule has 0 saturated carbocycles. The van der Waals surface area contributed by atoms with E-state index in [2.05, 4.69) is 4.98 Å². The molecule has 1 aromatic heterocycles. The van der Waals surface area contributed by atoms with Gasteiger partial charge in [0.2, 0.25) is 0 Å². The zero-order chi connectivity index (χ0) is 13.1. The maximum absolute atomic E-state index is 13.2. The van der Waals surface area contributed by atoms with Crippen LogP contribution in [0, 0.1) is 17.1 Å². The summed E-state index contributed by atoms with van der Waals surface area (Å²) in [5.41, 5.74) is 6.96. The Kier molecular flexibility index (Phi) is 3.11. The van der Waals surface area contributed by atoms with Crippen LogP contribution in [-0.2, 0) is 0 Å². The van der Waals surface area contributed by atoms with Crippen molar-refractivity contribution in [2.75, 3.05) is 17.7 Å². The number of nitriles is 1. The van der Waals surface area contributed by atoms with Crippen LogP contribution in [0.1, 0.15) is 5.56 Å². The lowest BCUT2D eigenvalue weighted by Gasteiger charge is -2.19. The Balaban J connectivity index is 2.46. The molecule has 2 aromatic rings. The number of hydrogen-bond donors (Lipinski definition) is 1. The Morgan fingerprint density at radius 1 is 1.39 bits per heavy atom. The molecule has 0 radical (unpaired) electrons. The smallest absolute Gasteiger partial charge is 0.150 e. The topological polar surface area (TPSA) is 65.9 Å². The number of aromatic nitrogens is 1. The minimum Gasteiger partial charge on any atom is -0.397 e. The molecule has 1 heterocycles. The number of nitrogen functional groups attached to an aromatic ring is 1. The molecule has 5 heteroatoms. The average molecular weight is 242 g/mol. The highest BCUT2D eigenvalue weighted by atomic mass is 19.1. The molecular weight excluding hydrogens is 231 g/mol. The second-order valence-corrected chi connectivity index (χ2v) is 3.79. The van der Waals surface area contributed by atoms with E-state index >= 15 is 0 Å². The molecule has 0 atom stereocenters. The van der Waals surface area contributed by atoms with Crippen molar-refractivity contribution in [2.24, 2.45) is 0 Å². The van der Waals surface area contributed by atoms with E-state index in [1.807, 2.05) is 6.07 Å². The minimum absolute atomic E-state index is 0.340. The number of halogens is 1. The first-order valence-electron chi connectivity index (χ1n) is 5.26. The summed E-state index contributed by atoms with van der Waals surface area (Å²) < 4.78 is 13.2. The first kappa shape index (κ1) is 11.9. The van der Waals surface area contributed by atoms with Gasteiger partial charge < -0.3 is 10.6 Å². The van der Waals surface area contributed by atoms with Gasteiger partial charge in [0.25, 0.3) is 0 Å². The molecule has 0 aliphatic carbocycles. The SMILES string of the molecule is CN(c1cccc(F)c1)c1ncc(N)cc1C#N. The molecule has 2 N–H and O–H groups in total. The summed E-state index contributed by atoms with van der Waals surface area (Å²) in [5.74, 6) is 0.102. The van der Waals surface area contributed by atoms with Gasteiger partial charge in [-0.2, -0.15) is 5.26 Å². The van der Waals surface area contributed by atoms with Crippen LogP contribution in [0.15, 0.2) is 36.5 Å². The van der Waals surface area contributed by atoms with Crippen molar-refractivity contribution >= 4 is 17.2 Å². The van der Waals surface area contributed by atoms with Crippen molar-refractivity contribution in [2.45, 2.75) is 0 Å². The number of nitrogens with zero attached hydrogens (tertiary/aromatic N) is 3. The van der Waals surface area contributed by atoms with Crippen molar-refractivity contribution in [3.05, 3.63) is 47.9 Å². The predicted molar refractivity (Wildman–Crippen MR) is 67.8 cm³/mol. The standard InChI is InChI=1S/C13H11FN4/c1-18(12-4-2-3-10(14)6-12)13-9(7-15)5-11(16)8-17-13/h2-6,8H,16H2,1H3. The highest BCUT2D eigenvalue weighted by molar-refractivity contribution is 5.67. The molecule has 90 valence electrons. The summed E-state index contributed by atoms with van der Waals surface area (Å²) in [6.07, 6.45) is 1.46. The number of nitrogens with two attached hydrogens (primary N) is 1. The number of benzene rings is 1. The average Bonchev–Trinajstić information content (AvgIpc) is 2.37. The Bertz CT molecular complexity index is 619. The molecule has 0 spiro atoms. The highest BCUT2D eigenvalue weighted by Crippen LogP contribution is 2.25. The summed E-state index contributed by atoms with van der Waals surface area (Å²) in [6.45, 7) is 0. The van der Waals surface area contributed by atoms with Crippen LogP contribution in [0.25, 0.3) is 0 Å². The zero-order valence-electron chi connectivity index (χ0n) is 9.76. The van der Waals surface area contributed by atoms with Crippen LogP contribution in [-0.4, -0.2) is 12.0 Å². The summed E-state index contributed by atoms with van der Waals surface area (Å²) in [7, 11) is 1.72. The molecule has 0 aliphatic heterocycles. The van der Waals surface area contributed by atoms with E-state index in [4.69, 9.17) is 11.0 Å². The van der Waals surface area contributed by atoms with E-state index in [-0.39, 0.29) is 5.82 Å². The number of rotatable bonds is 2. The van der Waals surface area contributed by atoms with Crippen LogP contribution in [0.2, 0.25) is 0 Å². The van der Waals surface area contributed by atoms with Gasteiger partial charge in [-0.05, 0) is 24.3 Å². The number of anilines is 3. The van der Waals surface area contributed by atoms with Crippen LogP contribution in [0.4, 0.5) is 21.6 Å². The Morgan fingerprint density at radius 3 is 2.83 bits per heavy atom. The van der Waals surface area contributed by atoms with Crippen LogP contribution in [0.5, 0.6) is 0 Å². The minimum atomic E-state index is -0.340. The fraction of sp³-hybridized carbons (Fsp3) is 0.0769. The molecule has 2 rings (SSSR count). The van der Waals surface area contributed by atoms with E-state index in [0.29, 0.717) is 22.8 Å². The van der Waals surface area contributed by atoms with Gasteiger partial charge in [-0.25, -0.2) is 9.37 Å². The zero-order valence-corrected chi connectivity index (χ0v) is 9.76. The molecular formula is C13H11FN4. The van der Waals surface area contributed by atoms with Gasteiger partial charge in [-0.1, -0.05) is 6.07 Å². The quantitative estimate of drug-likeness (QED) is 0.878. The van der Waals surface area contributed by atoms with E-state index in [9.17, 15) is 4.39 Å². The second kappa shape index (κ2) is 4.72. The molecule has 0 unspecified atom stereocenters. The third-order valence-corrected chi connectivity index (χ3v) is 2.52. The number of pyridine rings is 1. The fourth-order valence-electron chi connectivity index (χ4n) is 1.63.